The van der Waals surface area contributed by atoms with E-state index in [9.17, 15) is 4.79 Å². The molecule has 0 radical (unpaired) electrons. The lowest BCUT2D eigenvalue weighted by Gasteiger charge is -2.34. The van der Waals surface area contributed by atoms with E-state index in [1.807, 2.05) is 29.2 Å². The highest BCUT2D eigenvalue weighted by molar-refractivity contribution is 5.73. The Morgan fingerprint density at radius 2 is 2.06 bits per heavy atom. The Hall–Kier alpha value is -1.86. The molecule has 1 aromatic rings. The van der Waals surface area contributed by atoms with Crippen molar-refractivity contribution in [3.8, 4) is 6.07 Å². The summed E-state index contributed by atoms with van der Waals surface area (Å²) in [4.78, 5) is 15.4. The Morgan fingerprint density at radius 3 is 2.67 bits per heavy atom. The van der Waals surface area contributed by atoms with E-state index < -0.39 is 0 Å². The van der Waals surface area contributed by atoms with Gasteiger partial charge in [0, 0.05) is 39.6 Å². The van der Waals surface area contributed by atoms with Gasteiger partial charge in [-0.05, 0) is 17.7 Å². The minimum absolute atomic E-state index is 0.154. The molecule has 1 amide bonds. The van der Waals surface area contributed by atoms with Crippen molar-refractivity contribution < 1.29 is 4.79 Å². The highest BCUT2D eigenvalue weighted by Crippen LogP contribution is 2.10. The van der Waals surface area contributed by atoms with Gasteiger partial charge >= 0.3 is 0 Å². The zero-order chi connectivity index (χ0) is 13.0. The Balaban J connectivity index is 1.91. The molecule has 0 N–H and O–H groups in total. The number of nitrogens with zero attached hydrogens (tertiary/aromatic N) is 3. The van der Waals surface area contributed by atoms with Crippen molar-refractivity contribution in [3.05, 3.63) is 35.4 Å². The molecule has 1 fully saturated rings. The van der Waals surface area contributed by atoms with Crippen LogP contribution >= 0.6 is 0 Å². The lowest BCUT2D eigenvalue weighted by atomic mass is 10.1. The molecule has 4 nitrogen and oxygen atoms in total. The molecule has 0 atom stereocenters. The van der Waals surface area contributed by atoms with E-state index in [4.69, 9.17) is 5.26 Å². The van der Waals surface area contributed by atoms with Crippen LogP contribution in [-0.4, -0.2) is 41.9 Å². The maximum absolute atomic E-state index is 11.2. The predicted molar refractivity (Wildman–Crippen MR) is 68.7 cm³/mol. The second-order valence-corrected chi connectivity index (χ2v) is 4.59. The van der Waals surface area contributed by atoms with Gasteiger partial charge in [0.25, 0.3) is 0 Å². The van der Waals surface area contributed by atoms with Crippen molar-refractivity contribution in [2.75, 3.05) is 26.2 Å². The van der Waals surface area contributed by atoms with Gasteiger partial charge in [0.1, 0.15) is 0 Å². The third-order valence-electron chi connectivity index (χ3n) is 3.28. The number of hydrogen-bond acceptors (Lipinski definition) is 3. The smallest absolute Gasteiger partial charge is 0.219 e. The summed E-state index contributed by atoms with van der Waals surface area (Å²) in [5, 5.41) is 8.86. The number of piperazine rings is 1. The Morgan fingerprint density at radius 1 is 1.33 bits per heavy atom. The summed E-state index contributed by atoms with van der Waals surface area (Å²) >= 11 is 0. The number of carbonyl (C=O) groups excluding carboxylic acids is 1. The van der Waals surface area contributed by atoms with Gasteiger partial charge in [-0.3, -0.25) is 9.69 Å². The molecule has 0 aromatic heterocycles. The van der Waals surface area contributed by atoms with Gasteiger partial charge in [0.05, 0.1) is 11.6 Å². The lowest BCUT2D eigenvalue weighted by molar-refractivity contribution is -0.130. The van der Waals surface area contributed by atoms with Gasteiger partial charge in [-0.1, -0.05) is 12.1 Å². The average Bonchev–Trinajstić information content (AvgIpc) is 2.39. The standard InChI is InChI=1S/C14H17N3O/c1-12(18)17-7-5-16(6-8-17)11-14-4-2-3-13(9-14)10-15/h2-4,9H,5-8,11H2,1H3. The summed E-state index contributed by atoms with van der Waals surface area (Å²) in [6, 6.07) is 9.86. The van der Waals surface area contributed by atoms with Crippen molar-refractivity contribution >= 4 is 5.91 Å². The first-order valence-corrected chi connectivity index (χ1v) is 6.16. The Kier molecular flexibility index (Phi) is 3.96. The molecule has 0 unspecified atom stereocenters. The molecule has 0 bridgehead atoms. The van der Waals surface area contributed by atoms with Crippen molar-refractivity contribution in [2.24, 2.45) is 0 Å². The maximum Gasteiger partial charge on any atom is 0.219 e. The zero-order valence-electron chi connectivity index (χ0n) is 10.6. The normalized spacial score (nSPS) is 16.3. The first-order valence-electron chi connectivity index (χ1n) is 6.16. The largest absolute Gasteiger partial charge is 0.340 e. The first kappa shape index (κ1) is 12.6. The van der Waals surface area contributed by atoms with E-state index in [2.05, 4.69) is 11.0 Å². The molecule has 18 heavy (non-hydrogen) atoms. The minimum atomic E-state index is 0.154. The van der Waals surface area contributed by atoms with Crippen molar-refractivity contribution in [1.82, 2.24) is 9.80 Å². The van der Waals surface area contributed by atoms with Crippen LogP contribution in [0.25, 0.3) is 0 Å². The van der Waals surface area contributed by atoms with Gasteiger partial charge in [-0.2, -0.15) is 5.26 Å². The second kappa shape index (κ2) is 5.65. The SMILES string of the molecule is CC(=O)N1CCN(Cc2cccc(C#N)c2)CC1. The average molecular weight is 243 g/mol. The van der Waals surface area contributed by atoms with Crippen molar-refractivity contribution in [1.29, 1.82) is 5.26 Å². The van der Waals surface area contributed by atoms with Crippen LogP contribution in [0, 0.1) is 11.3 Å². The summed E-state index contributed by atoms with van der Waals surface area (Å²) < 4.78 is 0. The Labute approximate surface area is 107 Å². The predicted octanol–water partition coefficient (Wildman–Crippen LogP) is 1.22. The summed E-state index contributed by atoms with van der Waals surface area (Å²) in [6.45, 7) is 5.86. The van der Waals surface area contributed by atoms with E-state index in [1.165, 1.54) is 0 Å². The molecular formula is C14H17N3O. The lowest BCUT2D eigenvalue weighted by Crippen LogP contribution is -2.47. The monoisotopic (exact) mass is 243 g/mol. The summed E-state index contributed by atoms with van der Waals surface area (Å²) in [7, 11) is 0. The third kappa shape index (κ3) is 3.08. The van der Waals surface area contributed by atoms with Crippen LogP contribution in [0.4, 0.5) is 0 Å². The van der Waals surface area contributed by atoms with Crippen LogP contribution in [0.3, 0.4) is 0 Å². The number of hydrogen-bond donors (Lipinski definition) is 0. The van der Waals surface area contributed by atoms with Crippen LogP contribution in [0.2, 0.25) is 0 Å². The molecular weight excluding hydrogens is 226 g/mol. The zero-order valence-corrected chi connectivity index (χ0v) is 10.6. The van der Waals surface area contributed by atoms with Gasteiger partial charge in [-0.15, -0.1) is 0 Å². The fourth-order valence-electron chi connectivity index (χ4n) is 2.22. The molecule has 4 heteroatoms. The second-order valence-electron chi connectivity index (χ2n) is 4.59. The first-order chi connectivity index (χ1) is 8.69. The van der Waals surface area contributed by atoms with E-state index in [1.54, 1.807) is 6.92 Å². The molecule has 0 aliphatic carbocycles. The summed E-state index contributed by atoms with van der Waals surface area (Å²) in [6.07, 6.45) is 0. The highest BCUT2D eigenvalue weighted by atomic mass is 16.2. The Bertz CT molecular complexity index is 470. The fraction of sp³-hybridized carbons (Fsp3) is 0.429. The van der Waals surface area contributed by atoms with Gasteiger partial charge in [-0.25, -0.2) is 0 Å². The third-order valence-corrected chi connectivity index (χ3v) is 3.28. The van der Waals surface area contributed by atoms with Crippen LogP contribution < -0.4 is 0 Å². The van der Waals surface area contributed by atoms with Crippen LogP contribution in [0.5, 0.6) is 0 Å². The van der Waals surface area contributed by atoms with Crippen LogP contribution in [0.1, 0.15) is 18.1 Å². The highest BCUT2D eigenvalue weighted by Gasteiger charge is 2.18. The number of carbonyl (C=O) groups is 1. The molecule has 1 aromatic carbocycles. The summed E-state index contributed by atoms with van der Waals surface area (Å²) in [5.41, 5.74) is 1.86. The van der Waals surface area contributed by atoms with Gasteiger partial charge < -0.3 is 4.90 Å². The quantitative estimate of drug-likeness (QED) is 0.784. The fourth-order valence-corrected chi connectivity index (χ4v) is 2.22. The molecule has 1 aliphatic rings. The van der Waals surface area contributed by atoms with Crippen molar-refractivity contribution in [2.45, 2.75) is 13.5 Å². The number of rotatable bonds is 2. The van der Waals surface area contributed by atoms with E-state index in [-0.39, 0.29) is 5.91 Å². The maximum atomic E-state index is 11.2. The molecule has 2 rings (SSSR count). The number of benzene rings is 1. The molecule has 1 heterocycles. The molecule has 0 spiro atoms. The van der Waals surface area contributed by atoms with E-state index >= 15 is 0 Å². The molecule has 0 saturated carbocycles. The molecule has 1 aliphatic heterocycles. The molecule has 1 saturated heterocycles. The van der Waals surface area contributed by atoms with E-state index in [0.717, 1.165) is 38.3 Å². The summed E-state index contributed by atoms with van der Waals surface area (Å²) in [5.74, 6) is 0.154. The van der Waals surface area contributed by atoms with Crippen LogP contribution in [-0.2, 0) is 11.3 Å². The van der Waals surface area contributed by atoms with Crippen molar-refractivity contribution in [3.63, 3.8) is 0 Å². The van der Waals surface area contributed by atoms with Gasteiger partial charge in [0.2, 0.25) is 5.91 Å². The van der Waals surface area contributed by atoms with E-state index in [0.29, 0.717) is 5.56 Å². The number of nitriles is 1. The topological polar surface area (TPSA) is 47.3 Å². The number of amides is 1. The van der Waals surface area contributed by atoms with Gasteiger partial charge in [0.15, 0.2) is 0 Å². The molecule has 94 valence electrons. The minimum Gasteiger partial charge on any atom is -0.340 e. The van der Waals surface area contributed by atoms with Crippen LogP contribution in [0.15, 0.2) is 24.3 Å².